The van der Waals surface area contributed by atoms with Gasteiger partial charge in [0.1, 0.15) is 0 Å². The van der Waals surface area contributed by atoms with E-state index in [1.807, 2.05) is 4.90 Å². The van der Waals surface area contributed by atoms with Gasteiger partial charge in [0.15, 0.2) is 17.5 Å². The van der Waals surface area contributed by atoms with Gasteiger partial charge in [-0.15, -0.1) is 0 Å². The highest BCUT2D eigenvalue weighted by Crippen LogP contribution is 2.17. The van der Waals surface area contributed by atoms with Crippen LogP contribution in [0.5, 0.6) is 0 Å². The molecule has 1 heterocycles. The van der Waals surface area contributed by atoms with Gasteiger partial charge in [-0.2, -0.15) is 0 Å². The lowest BCUT2D eigenvalue weighted by molar-refractivity contribution is 0.201. The van der Waals surface area contributed by atoms with E-state index in [2.05, 4.69) is 0 Å². The summed E-state index contributed by atoms with van der Waals surface area (Å²) in [6.07, 6.45) is 1.95. The topological polar surface area (TPSA) is 29.3 Å². The normalized spacial score (nSPS) is 21.8. The third-order valence-corrected chi connectivity index (χ3v) is 2.99. The van der Waals surface area contributed by atoms with Crippen molar-refractivity contribution in [1.29, 1.82) is 0 Å². The van der Waals surface area contributed by atoms with Crippen molar-refractivity contribution in [2.75, 3.05) is 13.1 Å². The van der Waals surface area contributed by atoms with E-state index in [1.165, 1.54) is 0 Å². The average molecular weight is 244 g/mol. The maximum Gasteiger partial charge on any atom is 0.194 e. The Labute approximate surface area is 98.2 Å². The van der Waals surface area contributed by atoms with E-state index < -0.39 is 17.5 Å². The zero-order valence-electron chi connectivity index (χ0n) is 9.43. The summed E-state index contributed by atoms with van der Waals surface area (Å²) < 4.78 is 38.8. The molecule has 1 fully saturated rings. The fraction of sp³-hybridized carbons (Fsp3) is 0.500. The molecule has 5 heteroatoms. The van der Waals surface area contributed by atoms with Gasteiger partial charge in [-0.3, -0.25) is 4.90 Å². The van der Waals surface area contributed by atoms with Crippen LogP contribution in [0.3, 0.4) is 0 Å². The van der Waals surface area contributed by atoms with E-state index in [0.29, 0.717) is 18.7 Å². The highest BCUT2D eigenvalue weighted by Gasteiger charge is 2.18. The smallest absolute Gasteiger partial charge is 0.194 e. The molecule has 1 unspecified atom stereocenters. The molecule has 0 spiro atoms. The monoisotopic (exact) mass is 244 g/mol. The first-order valence-corrected chi connectivity index (χ1v) is 5.67. The summed E-state index contributed by atoms with van der Waals surface area (Å²) in [6.45, 7) is 1.97. The van der Waals surface area contributed by atoms with Gasteiger partial charge < -0.3 is 5.73 Å². The summed E-state index contributed by atoms with van der Waals surface area (Å²) in [7, 11) is 0. The first-order chi connectivity index (χ1) is 8.06. The van der Waals surface area contributed by atoms with Crippen molar-refractivity contribution in [2.24, 2.45) is 5.73 Å². The largest absolute Gasteiger partial charge is 0.327 e. The fourth-order valence-corrected chi connectivity index (χ4v) is 2.19. The Morgan fingerprint density at radius 2 is 1.88 bits per heavy atom. The number of nitrogens with two attached hydrogens (primary N) is 1. The van der Waals surface area contributed by atoms with Gasteiger partial charge in [0.05, 0.1) is 0 Å². The molecule has 0 saturated carbocycles. The summed E-state index contributed by atoms with van der Waals surface area (Å²) in [4.78, 5) is 2.03. The first kappa shape index (κ1) is 12.4. The molecule has 1 saturated heterocycles. The fourth-order valence-electron chi connectivity index (χ4n) is 2.19. The molecule has 1 aromatic carbocycles. The van der Waals surface area contributed by atoms with Crippen LogP contribution in [0.25, 0.3) is 0 Å². The van der Waals surface area contributed by atoms with Gasteiger partial charge in [-0.05, 0) is 37.1 Å². The van der Waals surface area contributed by atoms with Gasteiger partial charge in [-0.25, -0.2) is 13.2 Å². The van der Waals surface area contributed by atoms with Gasteiger partial charge in [0.25, 0.3) is 0 Å². The van der Waals surface area contributed by atoms with Crippen LogP contribution in [0.1, 0.15) is 18.4 Å². The second-order valence-corrected chi connectivity index (χ2v) is 4.51. The van der Waals surface area contributed by atoms with Gasteiger partial charge in [0.2, 0.25) is 0 Å². The lowest BCUT2D eigenvalue weighted by Crippen LogP contribution is -2.42. The van der Waals surface area contributed by atoms with Crippen molar-refractivity contribution >= 4 is 0 Å². The number of hydrogen-bond donors (Lipinski definition) is 1. The van der Waals surface area contributed by atoms with Crippen molar-refractivity contribution in [2.45, 2.75) is 25.4 Å². The third-order valence-electron chi connectivity index (χ3n) is 2.99. The predicted octanol–water partition coefficient (Wildman–Crippen LogP) is 2.03. The minimum Gasteiger partial charge on any atom is -0.327 e. The molecule has 0 aromatic heterocycles. The number of nitrogens with zero attached hydrogens (tertiary/aromatic N) is 1. The Bertz CT molecular complexity index is 386. The molecule has 2 rings (SSSR count). The lowest BCUT2D eigenvalue weighted by atomic mass is 10.1. The number of benzene rings is 1. The van der Waals surface area contributed by atoms with Crippen LogP contribution in [0, 0.1) is 17.5 Å². The molecule has 1 aliphatic rings. The number of hydrogen-bond acceptors (Lipinski definition) is 2. The minimum atomic E-state index is -1.41. The van der Waals surface area contributed by atoms with Crippen LogP contribution in [-0.2, 0) is 6.54 Å². The van der Waals surface area contributed by atoms with Crippen LogP contribution < -0.4 is 5.73 Å². The second kappa shape index (κ2) is 5.06. The predicted molar refractivity (Wildman–Crippen MR) is 58.8 cm³/mol. The van der Waals surface area contributed by atoms with Gasteiger partial charge in [0, 0.05) is 19.1 Å². The van der Waals surface area contributed by atoms with Crippen molar-refractivity contribution in [3.8, 4) is 0 Å². The molecule has 2 nitrogen and oxygen atoms in total. The zero-order chi connectivity index (χ0) is 12.4. The van der Waals surface area contributed by atoms with Crippen LogP contribution >= 0.6 is 0 Å². The van der Waals surface area contributed by atoms with Gasteiger partial charge >= 0.3 is 0 Å². The lowest BCUT2D eigenvalue weighted by Gasteiger charge is -2.30. The van der Waals surface area contributed by atoms with E-state index in [9.17, 15) is 13.2 Å². The minimum absolute atomic E-state index is 0.110. The summed E-state index contributed by atoms with van der Waals surface area (Å²) >= 11 is 0. The number of halogens is 3. The second-order valence-electron chi connectivity index (χ2n) is 4.51. The maximum absolute atomic E-state index is 13.0. The maximum atomic E-state index is 13.0. The van der Waals surface area contributed by atoms with E-state index in [0.717, 1.165) is 31.5 Å². The SMILES string of the molecule is NC1CCCN(Cc2cc(F)c(F)c(F)c2)C1. The van der Waals surface area contributed by atoms with E-state index in [1.54, 1.807) is 0 Å². The average Bonchev–Trinajstić information content (AvgIpc) is 2.26. The summed E-state index contributed by atoms with van der Waals surface area (Å²) in [5, 5.41) is 0. The molecule has 0 bridgehead atoms. The molecule has 1 atom stereocenters. The molecule has 1 aliphatic heterocycles. The highest BCUT2D eigenvalue weighted by atomic mass is 19.2. The molecule has 17 heavy (non-hydrogen) atoms. The molecule has 2 N–H and O–H groups in total. The molecule has 0 radical (unpaired) electrons. The van der Waals surface area contributed by atoms with Crippen molar-refractivity contribution < 1.29 is 13.2 Å². The molecular formula is C12H15F3N2. The standard InChI is InChI=1S/C12H15F3N2/c13-10-4-8(5-11(14)12(10)15)6-17-3-1-2-9(16)7-17/h4-5,9H,1-3,6-7,16H2. The Hall–Kier alpha value is -1.07. The van der Waals surface area contributed by atoms with E-state index in [-0.39, 0.29) is 6.04 Å². The van der Waals surface area contributed by atoms with Gasteiger partial charge in [-0.1, -0.05) is 0 Å². The Balaban J connectivity index is 2.08. The van der Waals surface area contributed by atoms with Crippen molar-refractivity contribution in [3.63, 3.8) is 0 Å². The number of likely N-dealkylation sites (tertiary alicyclic amines) is 1. The highest BCUT2D eigenvalue weighted by molar-refractivity contribution is 5.19. The Morgan fingerprint density at radius 3 is 2.47 bits per heavy atom. The first-order valence-electron chi connectivity index (χ1n) is 5.67. The summed E-state index contributed by atoms with van der Waals surface area (Å²) in [6, 6.07) is 2.19. The Kier molecular flexibility index (Phi) is 3.69. The molecule has 0 amide bonds. The summed E-state index contributed by atoms with van der Waals surface area (Å²) in [5.41, 5.74) is 6.25. The molecule has 94 valence electrons. The molecule has 0 aliphatic carbocycles. The van der Waals surface area contributed by atoms with E-state index in [4.69, 9.17) is 5.73 Å². The van der Waals surface area contributed by atoms with Crippen LogP contribution in [0.15, 0.2) is 12.1 Å². The van der Waals surface area contributed by atoms with Crippen LogP contribution in [0.2, 0.25) is 0 Å². The molecular weight excluding hydrogens is 229 g/mol. The third kappa shape index (κ3) is 2.98. The molecule has 1 aromatic rings. The Morgan fingerprint density at radius 1 is 1.24 bits per heavy atom. The van der Waals surface area contributed by atoms with Crippen molar-refractivity contribution in [3.05, 3.63) is 35.1 Å². The van der Waals surface area contributed by atoms with E-state index >= 15 is 0 Å². The number of rotatable bonds is 2. The number of piperidine rings is 1. The quantitative estimate of drug-likeness (QED) is 0.806. The van der Waals surface area contributed by atoms with Crippen LogP contribution in [-0.4, -0.2) is 24.0 Å². The van der Waals surface area contributed by atoms with Crippen LogP contribution in [0.4, 0.5) is 13.2 Å². The zero-order valence-corrected chi connectivity index (χ0v) is 9.43. The summed E-state index contributed by atoms with van der Waals surface area (Å²) in [5.74, 6) is -3.69. The van der Waals surface area contributed by atoms with Crippen molar-refractivity contribution in [1.82, 2.24) is 4.90 Å².